The first-order chi connectivity index (χ1) is 12.0. The highest BCUT2D eigenvalue weighted by Gasteiger charge is 2.16. The van der Waals surface area contributed by atoms with E-state index in [1.807, 2.05) is 25.2 Å². The van der Waals surface area contributed by atoms with Gasteiger partial charge in [0, 0.05) is 18.8 Å². The Kier molecular flexibility index (Phi) is 7.18. The lowest BCUT2D eigenvalue weighted by atomic mass is 10.0. The molecule has 0 aliphatic rings. The number of rotatable bonds is 7. The topological polar surface area (TPSA) is 73.4 Å². The number of benzene rings is 2. The lowest BCUT2D eigenvalue weighted by Gasteiger charge is -2.19. The molecule has 25 heavy (non-hydrogen) atoms. The van der Waals surface area contributed by atoms with Gasteiger partial charge in [0.05, 0.1) is 11.1 Å². The molecule has 134 valence electrons. The third kappa shape index (κ3) is 5.70. The van der Waals surface area contributed by atoms with Crippen molar-refractivity contribution in [2.45, 2.75) is 19.0 Å². The molecular formula is C18H21ClFN3O2. The molecule has 0 bridgehead atoms. The Bertz CT molecular complexity index is 727. The van der Waals surface area contributed by atoms with Crippen LogP contribution in [0.15, 0.2) is 42.5 Å². The molecule has 2 aromatic carbocycles. The third-order valence-corrected chi connectivity index (χ3v) is 3.94. The molecular weight excluding hydrogens is 345 g/mol. The van der Waals surface area contributed by atoms with Gasteiger partial charge in [0.2, 0.25) is 0 Å². The van der Waals surface area contributed by atoms with E-state index in [2.05, 4.69) is 16.0 Å². The van der Waals surface area contributed by atoms with Gasteiger partial charge < -0.3 is 21.1 Å². The van der Waals surface area contributed by atoms with Crippen LogP contribution < -0.4 is 16.0 Å². The molecule has 0 aliphatic carbocycles. The minimum absolute atomic E-state index is 0.0114. The summed E-state index contributed by atoms with van der Waals surface area (Å²) in [6, 6.07) is 10.8. The zero-order valence-corrected chi connectivity index (χ0v) is 14.6. The van der Waals surface area contributed by atoms with Gasteiger partial charge in [0.1, 0.15) is 5.82 Å². The second-order valence-corrected chi connectivity index (χ2v) is 5.97. The van der Waals surface area contributed by atoms with Crippen LogP contribution in [0, 0.1) is 5.82 Å². The summed E-state index contributed by atoms with van der Waals surface area (Å²) >= 11 is 5.69. The Balaban J connectivity index is 2.07. The Hall–Kier alpha value is -2.15. The van der Waals surface area contributed by atoms with Gasteiger partial charge in [-0.3, -0.25) is 0 Å². The van der Waals surface area contributed by atoms with Crippen molar-refractivity contribution in [1.29, 1.82) is 0 Å². The van der Waals surface area contributed by atoms with Gasteiger partial charge in [-0.2, -0.15) is 0 Å². The van der Waals surface area contributed by atoms with E-state index in [-0.39, 0.29) is 18.1 Å². The van der Waals surface area contributed by atoms with Crippen molar-refractivity contribution in [3.05, 3.63) is 64.4 Å². The molecule has 0 aliphatic heterocycles. The Morgan fingerprint density at radius 2 is 2.08 bits per heavy atom. The maximum atomic E-state index is 13.7. The van der Waals surface area contributed by atoms with Crippen molar-refractivity contribution in [2.24, 2.45) is 0 Å². The van der Waals surface area contributed by atoms with Crippen LogP contribution in [0.1, 0.15) is 23.6 Å². The summed E-state index contributed by atoms with van der Waals surface area (Å²) in [4.78, 5) is 12.3. The van der Waals surface area contributed by atoms with Crippen LogP contribution in [0.4, 0.5) is 14.9 Å². The predicted octanol–water partition coefficient (Wildman–Crippen LogP) is 3.44. The number of nitrogens with one attached hydrogen (secondary N) is 3. The van der Waals surface area contributed by atoms with Crippen LogP contribution in [0.2, 0.25) is 5.02 Å². The third-order valence-electron chi connectivity index (χ3n) is 3.63. The average molecular weight is 366 g/mol. The fourth-order valence-electron chi connectivity index (χ4n) is 2.47. The molecule has 0 saturated heterocycles. The van der Waals surface area contributed by atoms with Crippen LogP contribution >= 0.6 is 11.6 Å². The molecule has 2 amide bonds. The summed E-state index contributed by atoms with van der Waals surface area (Å²) in [5.74, 6) is -0.566. The summed E-state index contributed by atoms with van der Waals surface area (Å²) in [6.45, 7) is 0.543. The van der Waals surface area contributed by atoms with Crippen molar-refractivity contribution in [2.75, 3.05) is 19.0 Å². The first-order valence-corrected chi connectivity index (χ1v) is 8.28. The fourth-order valence-corrected chi connectivity index (χ4v) is 2.59. The number of amides is 2. The molecule has 1 unspecified atom stereocenters. The second kappa shape index (κ2) is 9.36. The molecule has 2 rings (SSSR count). The zero-order valence-electron chi connectivity index (χ0n) is 13.9. The number of urea groups is 1. The number of hydrogen-bond donors (Lipinski definition) is 4. The number of carbonyl (C=O) groups is 1. The average Bonchev–Trinajstić information content (AvgIpc) is 2.57. The maximum Gasteiger partial charge on any atom is 0.319 e. The monoisotopic (exact) mass is 365 g/mol. The van der Waals surface area contributed by atoms with E-state index < -0.39 is 17.9 Å². The minimum Gasteiger partial charge on any atom is -0.396 e. The lowest BCUT2D eigenvalue weighted by molar-refractivity contribution is 0.239. The number of halogens is 2. The normalized spacial score (nSPS) is 11.8. The van der Waals surface area contributed by atoms with Crippen molar-refractivity contribution < 1.29 is 14.3 Å². The highest BCUT2D eigenvalue weighted by Crippen LogP contribution is 2.22. The largest absolute Gasteiger partial charge is 0.396 e. The first-order valence-electron chi connectivity index (χ1n) is 7.90. The summed E-state index contributed by atoms with van der Waals surface area (Å²) < 4.78 is 13.7. The summed E-state index contributed by atoms with van der Waals surface area (Å²) in [7, 11) is 1.84. The summed E-state index contributed by atoms with van der Waals surface area (Å²) in [5.41, 5.74) is 2.22. The van der Waals surface area contributed by atoms with E-state index >= 15 is 0 Å². The van der Waals surface area contributed by atoms with Crippen LogP contribution in [0.25, 0.3) is 0 Å². The number of aliphatic hydroxyl groups excluding tert-OH is 1. The van der Waals surface area contributed by atoms with Crippen molar-refractivity contribution >= 4 is 23.3 Å². The molecule has 1 atom stereocenters. The maximum absolute atomic E-state index is 13.7. The summed E-state index contributed by atoms with van der Waals surface area (Å²) in [6.07, 6.45) is 0.258. The van der Waals surface area contributed by atoms with E-state index in [0.717, 1.165) is 5.56 Å². The van der Waals surface area contributed by atoms with E-state index in [9.17, 15) is 14.3 Å². The van der Waals surface area contributed by atoms with Crippen LogP contribution in [-0.4, -0.2) is 24.8 Å². The van der Waals surface area contributed by atoms with Crippen LogP contribution in [0.5, 0.6) is 0 Å². The predicted molar refractivity (Wildman–Crippen MR) is 97.2 cm³/mol. The Morgan fingerprint density at radius 1 is 1.28 bits per heavy atom. The van der Waals surface area contributed by atoms with Crippen molar-refractivity contribution in [1.82, 2.24) is 10.6 Å². The number of carbonyl (C=O) groups excluding carboxylic acids is 1. The van der Waals surface area contributed by atoms with Gasteiger partial charge in [0.25, 0.3) is 0 Å². The minimum atomic E-state index is -0.566. The molecule has 0 fully saturated rings. The van der Waals surface area contributed by atoms with Crippen LogP contribution in [-0.2, 0) is 6.54 Å². The van der Waals surface area contributed by atoms with E-state index in [1.165, 1.54) is 12.1 Å². The first kappa shape index (κ1) is 19.2. The van der Waals surface area contributed by atoms with Gasteiger partial charge in [-0.15, -0.1) is 0 Å². The van der Waals surface area contributed by atoms with Gasteiger partial charge in [-0.25, -0.2) is 9.18 Å². The van der Waals surface area contributed by atoms with E-state index in [4.69, 9.17) is 11.6 Å². The summed E-state index contributed by atoms with van der Waals surface area (Å²) in [5, 5.41) is 17.8. The SMILES string of the molecule is CNCc1cccc(NC(=O)NC(CCO)c2ccc(Cl)c(F)c2)c1. The lowest BCUT2D eigenvalue weighted by Crippen LogP contribution is -2.33. The van der Waals surface area contributed by atoms with Gasteiger partial charge >= 0.3 is 6.03 Å². The van der Waals surface area contributed by atoms with E-state index in [1.54, 1.807) is 12.1 Å². The number of aliphatic hydroxyl groups is 1. The Labute approximate surface area is 151 Å². The molecule has 2 aromatic rings. The number of hydrogen-bond acceptors (Lipinski definition) is 3. The number of anilines is 1. The molecule has 4 N–H and O–H groups in total. The van der Waals surface area contributed by atoms with Gasteiger partial charge in [0.15, 0.2) is 0 Å². The van der Waals surface area contributed by atoms with Gasteiger partial charge in [-0.1, -0.05) is 29.8 Å². The highest BCUT2D eigenvalue weighted by molar-refractivity contribution is 6.30. The molecule has 0 aromatic heterocycles. The van der Waals surface area contributed by atoms with Gasteiger partial charge in [-0.05, 0) is 48.9 Å². The van der Waals surface area contributed by atoms with E-state index in [0.29, 0.717) is 17.8 Å². The Morgan fingerprint density at radius 3 is 2.76 bits per heavy atom. The zero-order chi connectivity index (χ0) is 18.2. The standard InChI is InChI=1S/C18H21ClFN3O2/c1-21-11-12-3-2-4-14(9-12)22-18(25)23-17(7-8-24)13-5-6-15(19)16(20)10-13/h2-6,9-10,17,21,24H,7-8,11H2,1H3,(H2,22,23,25). The molecule has 0 saturated carbocycles. The fraction of sp³-hybridized carbons (Fsp3) is 0.278. The second-order valence-electron chi connectivity index (χ2n) is 5.57. The smallest absolute Gasteiger partial charge is 0.319 e. The quantitative estimate of drug-likeness (QED) is 0.607. The highest BCUT2D eigenvalue weighted by atomic mass is 35.5. The molecule has 0 radical (unpaired) electrons. The molecule has 5 nitrogen and oxygen atoms in total. The van der Waals surface area contributed by atoms with Crippen molar-refractivity contribution in [3.8, 4) is 0 Å². The van der Waals surface area contributed by atoms with Crippen LogP contribution in [0.3, 0.4) is 0 Å². The van der Waals surface area contributed by atoms with Crippen molar-refractivity contribution in [3.63, 3.8) is 0 Å². The molecule has 7 heteroatoms. The molecule has 0 heterocycles. The molecule has 0 spiro atoms.